The average molecular weight is 416 g/mol. The van der Waals surface area contributed by atoms with Crippen molar-refractivity contribution in [3.05, 3.63) is 35.5 Å². The molecular weight excluding hydrogens is 382 g/mol. The molecule has 30 heavy (non-hydrogen) atoms. The highest BCUT2D eigenvalue weighted by Crippen LogP contribution is 2.36. The Bertz CT molecular complexity index is 784. The van der Waals surface area contributed by atoms with Gasteiger partial charge in [0, 0.05) is 44.8 Å². The second-order valence-corrected chi connectivity index (χ2v) is 7.80. The largest absolute Gasteiger partial charge is 0.496 e. The van der Waals surface area contributed by atoms with Crippen LogP contribution < -0.4 is 4.74 Å². The minimum absolute atomic E-state index is 0.123. The first-order valence-electron chi connectivity index (χ1n) is 10.9. The van der Waals surface area contributed by atoms with Gasteiger partial charge in [-0.05, 0) is 12.5 Å². The van der Waals surface area contributed by atoms with Gasteiger partial charge in [0.1, 0.15) is 11.4 Å². The molecule has 0 saturated carbocycles. The number of para-hydroxylation sites is 1. The summed E-state index contributed by atoms with van der Waals surface area (Å²) in [5.41, 5.74) is 1.61. The van der Waals surface area contributed by atoms with E-state index in [-0.39, 0.29) is 18.4 Å². The number of methoxy groups -OCH3 is 1. The summed E-state index contributed by atoms with van der Waals surface area (Å²) in [5.74, 6) is 0.166. The molecule has 2 aliphatic rings. The number of hydrogen-bond donors (Lipinski definition) is 1. The van der Waals surface area contributed by atoms with Gasteiger partial charge in [0.2, 0.25) is 0 Å². The molecule has 1 fully saturated rings. The number of ether oxygens (including phenoxy) is 1. The van der Waals surface area contributed by atoms with Gasteiger partial charge in [-0.1, -0.05) is 44.4 Å². The summed E-state index contributed by atoms with van der Waals surface area (Å²) in [7, 11) is 1.58. The summed E-state index contributed by atoms with van der Waals surface area (Å²) < 4.78 is 5.50. The number of aliphatic hydroxyl groups excluding tert-OH is 1. The zero-order valence-corrected chi connectivity index (χ0v) is 18.1. The molecule has 0 aromatic heterocycles. The normalized spacial score (nSPS) is 18.0. The number of hydrogen-bond acceptors (Lipinski definition) is 6. The molecule has 1 saturated heterocycles. The van der Waals surface area contributed by atoms with E-state index >= 15 is 0 Å². The third-order valence-corrected chi connectivity index (χ3v) is 5.86. The van der Waals surface area contributed by atoms with Crippen LogP contribution in [0.25, 0.3) is 5.57 Å². The lowest BCUT2D eigenvalue weighted by atomic mass is 10.0. The fourth-order valence-electron chi connectivity index (χ4n) is 4.19. The summed E-state index contributed by atoms with van der Waals surface area (Å²) in [6.45, 7) is 6.14. The van der Waals surface area contributed by atoms with Crippen LogP contribution >= 0.6 is 0 Å². The van der Waals surface area contributed by atoms with Gasteiger partial charge in [-0.2, -0.15) is 0 Å². The monoisotopic (exact) mass is 415 g/mol. The molecule has 0 radical (unpaired) electrons. The first kappa shape index (κ1) is 22.3. The van der Waals surface area contributed by atoms with Crippen molar-refractivity contribution in [3.63, 3.8) is 0 Å². The van der Waals surface area contributed by atoms with Crippen molar-refractivity contribution >= 4 is 17.4 Å². The Labute approximate surface area is 178 Å². The molecule has 0 bridgehead atoms. The number of imide groups is 1. The molecule has 7 heteroatoms. The molecule has 7 nitrogen and oxygen atoms in total. The van der Waals surface area contributed by atoms with Crippen molar-refractivity contribution in [2.45, 2.75) is 32.6 Å². The van der Waals surface area contributed by atoms with Gasteiger partial charge in [-0.25, -0.2) is 0 Å². The van der Waals surface area contributed by atoms with E-state index in [9.17, 15) is 14.7 Å². The zero-order chi connectivity index (χ0) is 21.5. The van der Waals surface area contributed by atoms with E-state index in [2.05, 4.69) is 11.8 Å². The summed E-state index contributed by atoms with van der Waals surface area (Å²) in [6.07, 6.45) is 4.04. The van der Waals surface area contributed by atoms with Crippen LogP contribution in [0.1, 0.15) is 38.2 Å². The van der Waals surface area contributed by atoms with Crippen LogP contribution in [0.2, 0.25) is 0 Å². The van der Waals surface area contributed by atoms with E-state index in [1.54, 1.807) is 7.11 Å². The topological polar surface area (TPSA) is 73.3 Å². The van der Waals surface area contributed by atoms with Crippen LogP contribution in [0.3, 0.4) is 0 Å². The molecule has 0 aliphatic carbocycles. The van der Waals surface area contributed by atoms with Gasteiger partial charge in [0.25, 0.3) is 11.8 Å². The SMILES string of the molecule is CCCCCCN1C(=O)C(c2ccccc2OC)=C(N2CCN(CCO)CC2)C1=O. The smallest absolute Gasteiger partial charge is 0.277 e. The van der Waals surface area contributed by atoms with Crippen LogP contribution in [0.5, 0.6) is 5.75 Å². The van der Waals surface area contributed by atoms with Gasteiger partial charge < -0.3 is 14.7 Å². The number of benzene rings is 1. The van der Waals surface area contributed by atoms with Crippen LogP contribution in [-0.4, -0.2) is 84.6 Å². The van der Waals surface area contributed by atoms with E-state index in [1.807, 2.05) is 29.2 Å². The number of piperazine rings is 1. The number of carbonyl (C=O) groups excluding carboxylic acids is 2. The maximum Gasteiger partial charge on any atom is 0.277 e. The Morgan fingerprint density at radius 1 is 0.967 bits per heavy atom. The highest BCUT2D eigenvalue weighted by Gasteiger charge is 2.42. The number of amides is 2. The van der Waals surface area contributed by atoms with Gasteiger partial charge in [-0.3, -0.25) is 19.4 Å². The first-order chi connectivity index (χ1) is 14.6. The lowest BCUT2D eigenvalue weighted by molar-refractivity contribution is -0.137. The number of nitrogens with zero attached hydrogens (tertiary/aromatic N) is 3. The number of β-amino-alcohol motifs (C(OH)–C–C–N with tert-alkyl or cyclic N) is 1. The minimum atomic E-state index is -0.228. The van der Waals surface area contributed by atoms with Crippen LogP contribution in [0.15, 0.2) is 30.0 Å². The molecule has 1 aromatic rings. The molecule has 0 spiro atoms. The molecule has 2 heterocycles. The van der Waals surface area contributed by atoms with Gasteiger partial charge in [0.05, 0.1) is 19.3 Å². The Kier molecular flexibility index (Phi) is 7.87. The Morgan fingerprint density at radius 2 is 1.70 bits per heavy atom. The summed E-state index contributed by atoms with van der Waals surface area (Å²) in [6, 6.07) is 7.39. The number of rotatable bonds is 10. The van der Waals surface area contributed by atoms with E-state index in [1.165, 1.54) is 4.90 Å². The number of carbonyl (C=O) groups is 2. The van der Waals surface area contributed by atoms with Crippen molar-refractivity contribution < 1.29 is 19.4 Å². The minimum Gasteiger partial charge on any atom is -0.496 e. The van der Waals surface area contributed by atoms with Gasteiger partial charge in [-0.15, -0.1) is 0 Å². The van der Waals surface area contributed by atoms with Gasteiger partial charge in [0.15, 0.2) is 0 Å². The lowest BCUT2D eigenvalue weighted by Crippen LogP contribution is -2.48. The summed E-state index contributed by atoms with van der Waals surface area (Å²) >= 11 is 0. The molecule has 1 N–H and O–H groups in total. The summed E-state index contributed by atoms with van der Waals surface area (Å²) in [4.78, 5) is 32.4. The molecule has 2 amide bonds. The third kappa shape index (κ3) is 4.68. The maximum absolute atomic E-state index is 13.4. The van der Waals surface area contributed by atoms with Gasteiger partial charge >= 0.3 is 0 Å². The quantitative estimate of drug-likeness (QED) is 0.465. The summed E-state index contributed by atoms with van der Waals surface area (Å²) in [5, 5.41) is 9.19. The Morgan fingerprint density at radius 3 is 2.37 bits per heavy atom. The molecule has 0 atom stereocenters. The highest BCUT2D eigenvalue weighted by atomic mass is 16.5. The van der Waals surface area contributed by atoms with Crippen molar-refractivity contribution in [3.8, 4) is 5.75 Å². The molecule has 2 aliphatic heterocycles. The van der Waals surface area contributed by atoms with Crippen molar-refractivity contribution in [2.75, 3.05) is 53.0 Å². The van der Waals surface area contributed by atoms with Crippen molar-refractivity contribution in [2.24, 2.45) is 0 Å². The molecule has 0 unspecified atom stereocenters. The van der Waals surface area contributed by atoms with E-state index < -0.39 is 0 Å². The fraction of sp³-hybridized carbons (Fsp3) is 0.565. The molecule has 3 rings (SSSR count). The lowest BCUT2D eigenvalue weighted by Gasteiger charge is -2.36. The fourth-order valence-corrected chi connectivity index (χ4v) is 4.19. The third-order valence-electron chi connectivity index (χ3n) is 5.86. The second kappa shape index (κ2) is 10.6. The number of aliphatic hydroxyl groups is 1. The van der Waals surface area contributed by atoms with Crippen LogP contribution in [0.4, 0.5) is 0 Å². The molecular formula is C23H33N3O4. The van der Waals surface area contributed by atoms with E-state index in [0.717, 1.165) is 38.8 Å². The van der Waals surface area contributed by atoms with Crippen LogP contribution in [0, 0.1) is 0 Å². The van der Waals surface area contributed by atoms with Crippen molar-refractivity contribution in [1.82, 2.24) is 14.7 Å². The standard InChI is InChI=1S/C23H33N3O4/c1-3-4-5-8-11-26-22(28)20(18-9-6-7-10-19(18)30-2)21(23(26)29)25-14-12-24(13-15-25)16-17-27/h6-7,9-10,27H,3-5,8,11-17H2,1-2H3. The average Bonchev–Trinajstić information content (AvgIpc) is 3.02. The van der Waals surface area contributed by atoms with Crippen LogP contribution in [-0.2, 0) is 9.59 Å². The zero-order valence-electron chi connectivity index (χ0n) is 18.1. The van der Waals surface area contributed by atoms with Crippen molar-refractivity contribution in [1.29, 1.82) is 0 Å². The predicted octanol–water partition coefficient (Wildman–Crippen LogP) is 1.97. The van der Waals surface area contributed by atoms with E-state index in [0.29, 0.717) is 48.8 Å². The number of unbranched alkanes of at least 4 members (excludes halogenated alkanes) is 3. The highest BCUT2D eigenvalue weighted by molar-refractivity contribution is 6.36. The molecule has 164 valence electrons. The Balaban J connectivity index is 1.91. The first-order valence-corrected chi connectivity index (χ1v) is 10.9. The second-order valence-electron chi connectivity index (χ2n) is 7.80. The molecule has 1 aromatic carbocycles. The van der Waals surface area contributed by atoms with E-state index in [4.69, 9.17) is 4.74 Å². The Hall–Kier alpha value is -2.38. The maximum atomic E-state index is 13.4. The predicted molar refractivity (Wildman–Crippen MR) is 116 cm³/mol.